The first kappa shape index (κ1) is 12.1. The Labute approximate surface area is 108 Å². The van der Waals surface area contributed by atoms with Gasteiger partial charge in [0, 0.05) is 0 Å². The molecular weight excluding hydrogens is 226 g/mol. The topological polar surface area (TPSA) is 69.6 Å². The van der Waals surface area contributed by atoms with E-state index in [1.165, 1.54) is 19.3 Å². The van der Waals surface area contributed by atoms with Gasteiger partial charge in [0.1, 0.15) is 0 Å². The van der Waals surface area contributed by atoms with E-state index in [-0.39, 0.29) is 11.5 Å². The average molecular weight is 249 g/mol. The summed E-state index contributed by atoms with van der Waals surface area (Å²) in [4.78, 5) is 0. The molecule has 5 nitrogen and oxygen atoms in total. The number of hydrogen-bond donors (Lipinski definition) is 1. The maximum absolute atomic E-state index is 5.99. The lowest BCUT2D eigenvalue weighted by Gasteiger charge is -2.42. The number of aromatic nitrogens is 4. The minimum atomic E-state index is -0.112. The van der Waals surface area contributed by atoms with Crippen molar-refractivity contribution in [1.82, 2.24) is 20.2 Å². The molecule has 2 aliphatic carbocycles. The zero-order valence-corrected chi connectivity index (χ0v) is 11.7. The van der Waals surface area contributed by atoms with Crippen LogP contribution in [0.15, 0.2) is 0 Å². The Bertz CT molecular complexity index is 459. The van der Waals surface area contributed by atoms with Crippen LogP contribution in [-0.2, 0) is 0 Å². The van der Waals surface area contributed by atoms with Crippen molar-refractivity contribution in [2.24, 2.45) is 22.5 Å². The van der Waals surface area contributed by atoms with Crippen LogP contribution in [0.4, 0.5) is 0 Å². The van der Waals surface area contributed by atoms with Gasteiger partial charge in [-0.25, -0.2) is 4.68 Å². The van der Waals surface area contributed by atoms with Crippen molar-refractivity contribution in [3.05, 3.63) is 5.82 Å². The molecule has 100 valence electrons. The van der Waals surface area contributed by atoms with Crippen LogP contribution in [0, 0.1) is 16.7 Å². The highest BCUT2D eigenvalue weighted by Gasteiger charge is 2.61. The highest BCUT2D eigenvalue weighted by atomic mass is 15.6. The van der Waals surface area contributed by atoms with E-state index in [0.29, 0.717) is 11.5 Å². The van der Waals surface area contributed by atoms with Gasteiger partial charge < -0.3 is 5.73 Å². The minimum absolute atomic E-state index is 0.112. The van der Waals surface area contributed by atoms with Crippen molar-refractivity contribution >= 4 is 0 Å². The van der Waals surface area contributed by atoms with Crippen LogP contribution < -0.4 is 5.73 Å². The molecule has 1 aromatic heterocycles. The summed E-state index contributed by atoms with van der Waals surface area (Å²) in [5.41, 5.74) is 6.58. The maximum atomic E-state index is 5.99. The molecule has 1 aromatic rings. The van der Waals surface area contributed by atoms with Crippen LogP contribution in [-0.4, -0.2) is 20.2 Å². The van der Waals surface area contributed by atoms with E-state index in [1.54, 1.807) is 0 Å². The van der Waals surface area contributed by atoms with Crippen LogP contribution >= 0.6 is 0 Å². The Morgan fingerprint density at radius 1 is 1.39 bits per heavy atom. The first-order chi connectivity index (χ1) is 8.36. The van der Waals surface area contributed by atoms with Crippen LogP contribution in [0.3, 0.4) is 0 Å². The minimum Gasteiger partial charge on any atom is -0.322 e. The van der Waals surface area contributed by atoms with Gasteiger partial charge in [0.05, 0.1) is 12.1 Å². The molecule has 0 aliphatic heterocycles. The zero-order valence-electron chi connectivity index (χ0n) is 11.7. The molecule has 0 radical (unpaired) electrons. The number of nitrogens with two attached hydrogens (primary N) is 1. The number of fused-ring (bicyclic) bond motifs is 2. The van der Waals surface area contributed by atoms with E-state index in [4.69, 9.17) is 5.73 Å². The lowest BCUT2D eigenvalue weighted by atomic mass is 9.68. The predicted molar refractivity (Wildman–Crippen MR) is 68.7 cm³/mol. The fourth-order valence-electron chi connectivity index (χ4n) is 4.57. The first-order valence-corrected chi connectivity index (χ1v) is 6.89. The molecule has 2 N–H and O–H groups in total. The summed E-state index contributed by atoms with van der Waals surface area (Å²) in [5, 5.41) is 12.2. The largest absolute Gasteiger partial charge is 0.322 e. The Morgan fingerprint density at radius 3 is 2.67 bits per heavy atom. The highest BCUT2D eigenvalue weighted by Crippen LogP contribution is 2.67. The maximum Gasteiger partial charge on any atom is 0.168 e. The highest BCUT2D eigenvalue weighted by molar-refractivity contribution is 5.12. The van der Waals surface area contributed by atoms with E-state index in [9.17, 15) is 0 Å². The molecule has 3 rings (SSSR count). The first-order valence-electron chi connectivity index (χ1n) is 6.89. The summed E-state index contributed by atoms with van der Waals surface area (Å²) >= 11 is 0. The standard InChI is InChI=1S/C13H23N5/c1-8(14)10-15-16-17-18(10)11-12(2,3)9-5-6-13(11,4)7-9/h8-9,11H,5-7,14H2,1-4H3. The molecule has 0 spiro atoms. The second-order valence-corrected chi connectivity index (χ2v) is 7.09. The molecule has 2 aliphatic rings. The fraction of sp³-hybridized carbons (Fsp3) is 0.923. The molecule has 4 atom stereocenters. The number of tetrazole rings is 1. The van der Waals surface area contributed by atoms with Gasteiger partial charge in [-0.3, -0.25) is 0 Å². The molecule has 0 saturated heterocycles. The van der Waals surface area contributed by atoms with Crippen molar-refractivity contribution in [3.8, 4) is 0 Å². The Kier molecular flexibility index (Phi) is 2.37. The van der Waals surface area contributed by atoms with E-state index in [2.05, 4.69) is 36.3 Å². The third-order valence-electron chi connectivity index (χ3n) is 5.36. The van der Waals surface area contributed by atoms with Gasteiger partial charge in [0.25, 0.3) is 0 Å². The van der Waals surface area contributed by atoms with Crippen LogP contribution in [0.2, 0.25) is 0 Å². The van der Waals surface area contributed by atoms with E-state index < -0.39 is 0 Å². The third-order valence-corrected chi connectivity index (χ3v) is 5.36. The summed E-state index contributed by atoms with van der Waals surface area (Å²) in [5.74, 6) is 1.61. The van der Waals surface area contributed by atoms with Gasteiger partial charge >= 0.3 is 0 Å². The smallest absolute Gasteiger partial charge is 0.168 e. The third kappa shape index (κ3) is 1.40. The molecule has 2 fully saturated rings. The summed E-state index contributed by atoms with van der Waals surface area (Å²) < 4.78 is 2.02. The van der Waals surface area contributed by atoms with Crippen molar-refractivity contribution in [2.75, 3.05) is 0 Å². The van der Waals surface area contributed by atoms with Crippen LogP contribution in [0.1, 0.15) is 64.9 Å². The number of hydrogen-bond acceptors (Lipinski definition) is 4. The monoisotopic (exact) mass is 249 g/mol. The average Bonchev–Trinajstić information content (AvgIpc) is 2.88. The van der Waals surface area contributed by atoms with Gasteiger partial charge in [0.2, 0.25) is 0 Å². The predicted octanol–water partition coefficient (Wildman–Crippen LogP) is 2.08. The summed E-state index contributed by atoms with van der Waals surface area (Å²) in [6, 6.07) is 0.262. The molecule has 2 bridgehead atoms. The van der Waals surface area contributed by atoms with Gasteiger partial charge in [-0.2, -0.15) is 0 Å². The van der Waals surface area contributed by atoms with E-state index >= 15 is 0 Å². The Balaban J connectivity index is 2.08. The zero-order chi connectivity index (χ0) is 13.1. The molecule has 18 heavy (non-hydrogen) atoms. The van der Waals surface area contributed by atoms with Gasteiger partial charge in [-0.05, 0) is 53.4 Å². The van der Waals surface area contributed by atoms with Crippen molar-refractivity contribution in [1.29, 1.82) is 0 Å². The van der Waals surface area contributed by atoms with E-state index in [0.717, 1.165) is 11.7 Å². The van der Waals surface area contributed by atoms with Crippen molar-refractivity contribution < 1.29 is 0 Å². The van der Waals surface area contributed by atoms with Crippen LogP contribution in [0.25, 0.3) is 0 Å². The molecule has 1 heterocycles. The summed E-state index contributed by atoms with van der Waals surface area (Å²) in [6.07, 6.45) is 3.92. The van der Waals surface area contributed by atoms with Crippen molar-refractivity contribution in [2.45, 2.75) is 59.0 Å². The normalized spacial score (nSPS) is 39.2. The molecule has 0 amide bonds. The SMILES string of the molecule is CC(N)c1nnnn1C1C2(C)CCC(C2)C1(C)C. The lowest BCUT2D eigenvalue weighted by molar-refractivity contribution is 0.0687. The Hall–Kier alpha value is -0.970. The Morgan fingerprint density at radius 2 is 2.11 bits per heavy atom. The molecule has 2 saturated carbocycles. The molecule has 0 aromatic carbocycles. The quantitative estimate of drug-likeness (QED) is 0.871. The van der Waals surface area contributed by atoms with E-state index in [1.807, 2.05) is 11.6 Å². The lowest BCUT2D eigenvalue weighted by Crippen LogP contribution is -2.39. The van der Waals surface area contributed by atoms with Gasteiger partial charge in [-0.1, -0.05) is 20.8 Å². The summed E-state index contributed by atoms with van der Waals surface area (Å²) in [6.45, 7) is 9.06. The van der Waals surface area contributed by atoms with Crippen molar-refractivity contribution in [3.63, 3.8) is 0 Å². The number of nitrogens with zero attached hydrogens (tertiary/aromatic N) is 4. The molecule has 4 unspecified atom stereocenters. The van der Waals surface area contributed by atoms with Crippen LogP contribution in [0.5, 0.6) is 0 Å². The van der Waals surface area contributed by atoms with Gasteiger partial charge in [0.15, 0.2) is 5.82 Å². The number of rotatable bonds is 2. The molecule has 5 heteroatoms. The second kappa shape index (κ2) is 3.53. The van der Waals surface area contributed by atoms with Gasteiger partial charge in [-0.15, -0.1) is 5.10 Å². The molecular formula is C13H23N5. The summed E-state index contributed by atoms with van der Waals surface area (Å²) in [7, 11) is 0. The second-order valence-electron chi connectivity index (χ2n) is 7.09. The fourth-order valence-corrected chi connectivity index (χ4v) is 4.57.